The third kappa shape index (κ3) is 6.70. The second-order valence-electron chi connectivity index (χ2n) is 5.94. The molecule has 1 aliphatic carbocycles. The normalized spacial score (nSPS) is 27.7. The quantitative estimate of drug-likeness (QED) is 0.740. The van der Waals surface area contributed by atoms with E-state index in [4.69, 9.17) is 5.73 Å². The summed E-state index contributed by atoms with van der Waals surface area (Å²) in [6.45, 7) is 5.32. The van der Waals surface area contributed by atoms with Gasteiger partial charge in [0.15, 0.2) is 0 Å². The van der Waals surface area contributed by atoms with Gasteiger partial charge in [-0.05, 0) is 52.0 Å². The zero-order valence-electron chi connectivity index (χ0n) is 12.3. The molecule has 0 amide bonds. The molecule has 0 aliphatic heterocycles. The third-order valence-electron chi connectivity index (χ3n) is 3.78. The maximum absolute atomic E-state index is 12.5. The van der Waals surface area contributed by atoms with Crippen LogP contribution in [0.15, 0.2) is 4.99 Å². The zero-order valence-corrected chi connectivity index (χ0v) is 12.3. The molecule has 1 fully saturated rings. The Hall–Kier alpha value is -0.620. The summed E-state index contributed by atoms with van der Waals surface area (Å²) >= 11 is 0. The van der Waals surface area contributed by atoms with Crippen molar-refractivity contribution in [1.29, 1.82) is 0 Å². The Labute approximate surface area is 119 Å². The smallest absolute Gasteiger partial charge is 0.323 e. The highest BCUT2D eigenvalue weighted by atomic mass is 19.4. The van der Waals surface area contributed by atoms with Crippen LogP contribution in [-0.2, 0) is 0 Å². The number of hydrogen-bond acceptors (Lipinski definition) is 3. The van der Waals surface area contributed by atoms with Crippen LogP contribution < -0.4 is 11.1 Å². The predicted molar refractivity (Wildman–Crippen MR) is 76.0 cm³/mol. The Morgan fingerprint density at radius 3 is 2.35 bits per heavy atom. The van der Waals surface area contributed by atoms with Gasteiger partial charge in [-0.15, -0.1) is 0 Å². The Morgan fingerprint density at radius 1 is 1.25 bits per heavy atom. The van der Waals surface area contributed by atoms with Gasteiger partial charge in [0.1, 0.15) is 0 Å². The number of nitrogens with one attached hydrogen (secondary N) is 1. The zero-order chi connectivity index (χ0) is 15.2. The molecule has 3 N–H and O–H groups in total. The number of nitrogens with zero attached hydrogens (tertiary/aromatic N) is 1. The van der Waals surface area contributed by atoms with E-state index >= 15 is 0 Å². The molecule has 1 unspecified atom stereocenters. The lowest BCUT2D eigenvalue weighted by molar-refractivity contribution is -0.183. The van der Waals surface area contributed by atoms with Crippen molar-refractivity contribution in [2.75, 3.05) is 13.1 Å². The molecular formula is C14H26F3N3. The molecule has 1 aliphatic rings. The molecule has 3 nitrogen and oxygen atoms in total. The van der Waals surface area contributed by atoms with E-state index in [9.17, 15) is 13.2 Å². The number of halogens is 3. The predicted octanol–water partition coefficient (Wildman–Crippen LogP) is 2.75. The second kappa shape index (κ2) is 7.98. The van der Waals surface area contributed by atoms with E-state index < -0.39 is 12.1 Å². The first kappa shape index (κ1) is 17.4. The van der Waals surface area contributed by atoms with E-state index in [-0.39, 0.29) is 24.9 Å². The highest BCUT2D eigenvalue weighted by molar-refractivity contribution is 5.63. The Bertz CT molecular complexity index is 295. The van der Waals surface area contributed by atoms with Gasteiger partial charge in [0.2, 0.25) is 0 Å². The topological polar surface area (TPSA) is 50.4 Å². The lowest BCUT2D eigenvalue weighted by Gasteiger charge is -2.30. The molecule has 0 heterocycles. The van der Waals surface area contributed by atoms with Crippen LogP contribution in [0.25, 0.3) is 0 Å². The molecule has 0 aromatic rings. The van der Waals surface area contributed by atoms with Gasteiger partial charge < -0.3 is 11.1 Å². The van der Waals surface area contributed by atoms with Crippen molar-refractivity contribution in [3.8, 4) is 0 Å². The van der Waals surface area contributed by atoms with Crippen LogP contribution >= 0.6 is 0 Å². The molecule has 0 aromatic heterocycles. The van der Waals surface area contributed by atoms with Gasteiger partial charge >= 0.3 is 6.18 Å². The summed E-state index contributed by atoms with van der Waals surface area (Å²) in [6, 6.07) is 0.185. The summed E-state index contributed by atoms with van der Waals surface area (Å²) in [7, 11) is 0. The molecule has 0 radical (unpaired) electrons. The van der Waals surface area contributed by atoms with Crippen LogP contribution in [0.5, 0.6) is 0 Å². The van der Waals surface area contributed by atoms with Crippen molar-refractivity contribution < 1.29 is 13.2 Å². The van der Waals surface area contributed by atoms with Crippen LogP contribution in [0.2, 0.25) is 0 Å². The summed E-state index contributed by atoms with van der Waals surface area (Å²) in [5, 5.41) is 3.34. The fraction of sp³-hybridized carbons (Fsp3) is 0.929. The lowest BCUT2D eigenvalue weighted by atomic mass is 9.81. The van der Waals surface area contributed by atoms with E-state index in [1.54, 1.807) is 6.21 Å². The van der Waals surface area contributed by atoms with E-state index in [2.05, 4.69) is 10.3 Å². The third-order valence-corrected chi connectivity index (χ3v) is 3.78. The Morgan fingerprint density at radius 2 is 1.85 bits per heavy atom. The first-order chi connectivity index (χ1) is 9.29. The minimum Gasteiger partial charge on any atom is -0.323 e. The second-order valence-corrected chi connectivity index (χ2v) is 5.94. The van der Waals surface area contributed by atoms with E-state index in [0.717, 1.165) is 6.54 Å². The summed E-state index contributed by atoms with van der Waals surface area (Å²) < 4.78 is 37.6. The molecule has 0 spiro atoms. The van der Waals surface area contributed by atoms with Crippen LogP contribution in [0.1, 0.15) is 39.5 Å². The van der Waals surface area contributed by atoms with Gasteiger partial charge in [0.25, 0.3) is 0 Å². The van der Waals surface area contributed by atoms with Crippen molar-refractivity contribution in [3.63, 3.8) is 0 Å². The van der Waals surface area contributed by atoms with Crippen LogP contribution in [0.4, 0.5) is 13.2 Å². The van der Waals surface area contributed by atoms with Crippen molar-refractivity contribution in [2.45, 2.75) is 57.8 Å². The van der Waals surface area contributed by atoms with E-state index in [1.807, 2.05) is 13.8 Å². The monoisotopic (exact) mass is 293 g/mol. The van der Waals surface area contributed by atoms with Gasteiger partial charge in [0.05, 0.1) is 12.5 Å². The largest absolute Gasteiger partial charge is 0.391 e. The van der Waals surface area contributed by atoms with Crippen molar-refractivity contribution in [3.05, 3.63) is 0 Å². The van der Waals surface area contributed by atoms with Crippen LogP contribution in [0, 0.1) is 11.8 Å². The molecule has 20 heavy (non-hydrogen) atoms. The van der Waals surface area contributed by atoms with Gasteiger partial charge in [-0.3, -0.25) is 4.99 Å². The minimum absolute atomic E-state index is 0.0418. The number of aliphatic imine (C=N–C) groups is 1. The highest BCUT2D eigenvalue weighted by Gasteiger charge is 2.41. The van der Waals surface area contributed by atoms with Gasteiger partial charge in [-0.2, -0.15) is 13.2 Å². The number of alkyl halides is 3. The maximum atomic E-state index is 12.5. The fourth-order valence-electron chi connectivity index (χ4n) is 2.51. The number of rotatable bonds is 6. The Kier molecular flexibility index (Phi) is 6.95. The van der Waals surface area contributed by atoms with Gasteiger partial charge in [-0.25, -0.2) is 0 Å². The van der Waals surface area contributed by atoms with Crippen LogP contribution in [-0.4, -0.2) is 37.6 Å². The summed E-state index contributed by atoms with van der Waals surface area (Å²) in [4.78, 5) is 4.22. The first-order valence-electron chi connectivity index (χ1n) is 7.34. The summed E-state index contributed by atoms with van der Waals surface area (Å²) in [6.07, 6.45) is -0.438. The number of hydrogen-bond donors (Lipinski definition) is 2. The standard InChI is InChI=1S/C14H26F3N3/c1-10(18)7-19-8-11(2)20-9-12-3-5-13(6-4-12)14(15,16)17/h7,10-13,20H,3-6,8-9,18H2,1-2H3/b19-7-/t10?,11-,12-,13-/m0/s1. The highest BCUT2D eigenvalue weighted by Crippen LogP contribution is 2.39. The van der Waals surface area contributed by atoms with Gasteiger partial charge in [-0.1, -0.05) is 0 Å². The Balaban J connectivity index is 2.18. The molecule has 1 saturated carbocycles. The molecule has 6 heteroatoms. The SMILES string of the molecule is CC(N)/C=N\C[C@H](C)NC[C@H]1CC[C@H](C(F)(F)F)CC1. The molecule has 2 atom stereocenters. The molecule has 118 valence electrons. The van der Waals surface area contributed by atoms with Crippen molar-refractivity contribution in [2.24, 2.45) is 22.6 Å². The van der Waals surface area contributed by atoms with E-state index in [1.165, 1.54) is 0 Å². The summed E-state index contributed by atoms with van der Waals surface area (Å²) in [5.74, 6) is -0.736. The van der Waals surface area contributed by atoms with E-state index in [0.29, 0.717) is 25.3 Å². The minimum atomic E-state index is -4.01. The fourth-order valence-corrected chi connectivity index (χ4v) is 2.51. The first-order valence-corrected chi connectivity index (χ1v) is 7.34. The average Bonchev–Trinajstić information content (AvgIpc) is 2.35. The molecule has 0 aromatic carbocycles. The van der Waals surface area contributed by atoms with Crippen molar-refractivity contribution in [1.82, 2.24) is 5.32 Å². The lowest BCUT2D eigenvalue weighted by Crippen LogP contribution is -2.36. The molecular weight excluding hydrogens is 267 g/mol. The molecule has 0 saturated heterocycles. The maximum Gasteiger partial charge on any atom is 0.391 e. The van der Waals surface area contributed by atoms with Crippen molar-refractivity contribution >= 4 is 6.21 Å². The number of nitrogens with two attached hydrogens (primary N) is 1. The summed E-state index contributed by atoms with van der Waals surface area (Å²) in [5.41, 5.74) is 5.56. The molecule has 0 bridgehead atoms. The molecule has 1 rings (SSSR count). The average molecular weight is 293 g/mol. The van der Waals surface area contributed by atoms with Gasteiger partial charge in [0, 0.05) is 18.3 Å². The van der Waals surface area contributed by atoms with Crippen LogP contribution in [0.3, 0.4) is 0 Å².